The maximum Gasteiger partial charge on any atom is 0.435 e. The highest BCUT2D eigenvalue weighted by molar-refractivity contribution is 5.41. The van der Waals surface area contributed by atoms with Crippen LogP contribution in [-0.4, -0.2) is 39.1 Å². The molecule has 0 unspecified atom stereocenters. The van der Waals surface area contributed by atoms with E-state index in [1.54, 1.807) is 0 Å². The van der Waals surface area contributed by atoms with Gasteiger partial charge in [0.15, 0.2) is 5.69 Å². The number of unbranched alkanes of at least 4 members (excludes halogenated alkanes) is 1. The highest BCUT2D eigenvalue weighted by atomic mass is 19.4. The fourth-order valence-corrected chi connectivity index (χ4v) is 3.29. The molecule has 132 valence electrons. The topological polar surface area (TPSA) is 53.4 Å². The summed E-state index contributed by atoms with van der Waals surface area (Å²) in [6, 6.07) is 2.27. The number of rotatable bonds is 4. The van der Waals surface area contributed by atoms with Gasteiger partial charge in [-0.25, -0.2) is 4.52 Å². The van der Waals surface area contributed by atoms with Gasteiger partial charge in [0.2, 0.25) is 0 Å². The zero-order chi connectivity index (χ0) is 17.3. The lowest BCUT2D eigenvalue weighted by atomic mass is 9.93. The van der Waals surface area contributed by atoms with Crippen molar-refractivity contribution in [3.8, 4) is 0 Å². The van der Waals surface area contributed by atoms with E-state index >= 15 is 0 Å². The molecule has 24 heavy (non-hydrogen) atoms. The molecule has 1 N–H and O–H groups in total. The van der Waals surface area contributed by atoms with Crippen LogP contribution in [0.4, 0.5) is 13.2 Å². The second kappa shape index (κ2) is 6.58. The zero-order valence-electron chi connectivity index (χ0n) is 13.6. The Morgan fingerprint density at radius 3 is 2.62 bits per heavy atom. The van der Waals surface area contributed by atoms with Crippen LogP contribution < -0.4 is 5.56 Å². The lowest BCUT2D eigenvalue weighted by Gasteiger charge is -2.32. The van der Waals surface area contributed by atoms with Crippen molar-refractivity contribution in [3.63, 3.8) is 0 Å². The fraction of sp³-hybridized carbons (Fsp3) is 0.625. The summed E-state index contributed by atoms with van der Waals surface area (Å²) in [7, 11) is 0. The Morgan fingerprint density at radius 2 is 2.00 bits per heavy atom. The number of halogens is 3. The Morgan fingerprint density at radius 1 is 1.29 bits per heavy atom. The molecule has 0 radical (unpaired) electrons. The Labute approximate surface area is 137 Å². The molecular weight excluding hydrogens is 321 g/mol. The van der Waals surface area contributed by atoms with Crippen molar-refractivity contribution in [2.75, 3.05) is 19.6 Å². The molecule has 0 bridgehead atoms. The van der Waals surface area contributed by atoms with Crippen molar-refractivity contribution in [1.82, 2.24) is 19.5 Å². The van der Waals surface area contributed by atoms with Crippen LogP contribution >= 0.6 is 0 Å². The molecular formula is C16H21F3N4O. The van der Waals surface area contributed by atoms with Gasteiger partial charge < -0.3 is 9.88 Å². The van der Waals surface area contributed by atoms with Crippen LogP contribution in [0.5, 0.6) is 0 Å². The normalized spacial score (nSPS) is 17.7. The molecule has 8 heteroatoms. The van der Waals surface area contributed by atoms with Gasteiger partial charge in [-0.2, -0.15) is 18.3 Å². The summed E-state index contributed by atoms with van der Waals surface area (Å²) in [5.74, 6) is 0.0497. The second-order valence-electron chi connectivity index (χ2n) is 6.35. The predicted molar refractivity (Wildman–Crippen MR) is 84.1 cm³/mol. The Bertz CT molecular complexity index is 757. The van der Waals surface area contributed by atoms with Crippen molar-refractivity contribution < 1.29 is 13.2 Å². The summed E-state index contributed by atoms with van der Waals surface area (Å²) in [5.41, 5.74) is -0.705. The van der Waals surface area contributed by atoms with E-state index in [9.17, 15) is 18.0 Å². The maximum atomic E-state index is 12.9. The third-order valence-corrected chi connectivity index (χ3v) is 4.61. The molecule has 0 atom stereocenters. The monoisotopic (exact) mass is 342 g/mol. The maximum absolute atomic E-state index is 12.9. The molecule has 1 aliphatic rings. The molecule has 2 aromatic rings. The van der Waals surface area contributed by atoms with Crippen LogP contribution in [0.15, 0.2) is 16.9 Å². The minimum Gasteiger partial charge on any atom is -0.307 e. The van der Waals surface area contributed by atoms with Gasteiger partial charge in [0.1, 0.15) is 5.65 Å². The molecule has 3 rings (SSSR count). The molecule has 0 saturated carbocycles. The number of H-pyrrole nitrogens is 1. The van der Waals surface area contributed by atoms with Gasteiger partial charge in [0, 0.05) is 18.1 Å². The standard InChI is InChI=1S/C16H21F3N4O/c1-2-3-6-22-7-4-11(5-8-22)12-9-15(24)20-14-10-13(16(17,18)19)21-23(12)14/h9-11H,2-8H2,1H3,(H,20,24). The predicted octanol–water partition coefficient (Wildman–Crippen LogP) is 3.02. The van der Waals surface area contributed by atoms with Crippen molar-refractivity contribution in [2.24, 2.45) is 0 Å². The number of alkyl halides is 3. The zero-order valence-corrected chi connectivity index (χ0v) is 13.6. The van der Waals surface area contributed by atoms with Gasteiger partial charge in [0.25, 0.3) is 5.56 Å². The van der Waals surface area contributed by atoms with Crippen molar-refractivity contribution in [2.45, 2.75) is 44.7 Å². The van der Waals surface area contributed by atoms with Gasteiger partial charge >= 0.3 is 6.18 Å². The average molecular weight is 342 g/mol. The Hall–Kier alpha value is -1.83. The minimum absolute atomic E-state index is 0.0497. The lowest BCUT2D eigenvalue weighted by molar-refractivity contribution is -0.141. The molecule has 0 amide bonds. The third-order valence-electron chi connectivity index (χ3n) is 4.61. The molecule has 3 heterocycles. The number of hydrogen-bond acceptors (Lipinski definition) is 3. The average Bonchev–Trinajstić information content (AvgIpc) is 2.96. The largest absolute Gasteiger partial charge is 0.435 e. The number of hydrogen-bond donors (Lipinski definition) is 1. The van der Waals surface area contributed by atoms with Crippen LogP contribution in [0, 0.1) is 0 Å². The Kier molecular flexibility index (Phi) is 4.67. The van der Waals surface area contributed by atoms with Crippen LogP contribution in [0.2, 0.25) is 0 Å². The van der Waals surface area contributed by atoms with E-state index in [1.165, 1.54) is 10.6 Å². The van der Waals surface area contributed by atoms with E-state index in [0.29, 0.717) is 5.69 Å². The third kappa shape index (κ3) is 3.48. The SMILES string of the molecule is CCCCN1CCC(c2cc(=O)[nH]c3cc(C(F)(F)F)nn23)CC1. The molecule has 2 aromatic heterocycles. The number of piperidine rings is 1. The summed E-state index contributed by atoms with van der Waals surface area (Å²) < 4.78 is 39.9. The van der Waals surface area contributed by atoms with Crippen molar-refractivity contribution in [1.29, 1.82) is 0 Å². The quantitative estimate of drug-likeness (QED) is 0.929. The first-order valence-corrected chi connectivity index (χ1v) is 8.31. The van der Waals surface area contributed by atoms with E-state index in [-0.39, 0.29) is 17.1 Å². The molecule has 1 saturated heterocycles. The molecule has 0 spiro atoms. The highest BCUT2D eigenvalue weighted by Gasteiger charge is 2.35. The van der Waals surface area contributed by atoms with E-state index in [4.69, 9.17) is 0 Å². The fourth-order valence-electron chi connectivity index (χ4n) is 3.29. The first-order chi connectivity index (χ1) is 11.4. The molecule has 1 fully saturated rings. The van der Waals surface area contributed by atoms with Gasteiger partial charge in [-0.1, -0.05) is 13.3 Å². The lowest BCUT2D eigenvalue weighted by Crippen LogP contribution is -2.34. The van der Waals surface area contributed by atoms with Crippen molar-refractivity contribution in [3.05, 3.63) is 33.9 Å². The molecule has 1 aliphatic heterocycles. The van der Waals surface area contributed by atoms with E-state index < -0.39 is 11.9 Å². The number of likely N-dealkylation sites (tertiary alicyclic amines) is 1. The summed E-state index contributed by atoms with van der Waals surface area (Å²) in [6.45, 7) is 4.99. The van der Waals surface area contributed by atoms with Gasteiger partial charge in [0.05, 0.1) is 5.69 Å². The Balaban J connectivity index is 1.87. The summed E-state index contributed by atoms with van der Waals surface area (Å²) >= 11 is 0. The van der Waals surface area contributed by atoms with Crippen LogP contribution in [0.25, 0.3) is 5.65 Å². The van der Waals surface area contributed by atoms with Crippen molar-refractivity contribution >= 4 is 5.65 Å². The van der Waals surface area contributed by atoms with Crippen LogP contribution in [0.1, 0.15) is 49.9 Å². The summed E-state index contributed by atoms with van der Waals surface area (Å²) in [6.07, 6.45) is -0.590. The number of nitrogens with zero attached hydrogens (tertiary/aromatic N) is 3. The first kappa shape index (κ1) is 17.0. The number of nitrogens with one attached hydrogen (secondary N) is 1. The number of aromatic amines is 1. The molecule has 0 aliphatic carbocycles. The number of fused-ring (bicyclic) bond motifs is 1. The highest BCUT2D eigenvalue weighted by Crippen LogP contribution is 2.31. The second-order valence-corrected chi connectivity index (χ2v) is 6.35. The first-order valence-electron chi connectivity index (χ1n) is 8.31. The summed E-state index contributed by atoms with van der Waals surface area (Å²) in [4.78, 5) is 16.6. The van der Waals surface area contributed by atoms with E-state index in [1.807, 2.05) is 0 Å². The van der Waals surface area contributed by atoms with Crippen LogP contribution in [-0.2, 0) is 6.18 Å². The van der Waals surface area contributed by atoms with Gasteiger partial charge in [-0.05, 0) is 38.9 Å². The van der Waals surface area contributed by atoms with Gasteiger partial charge in [-0.3, -0.25) is 4.79 Å². The summed E-state index contributed by atoms with van der Waals surface area (Å²) in [5, 5.41) is 3.68. The van der Waals surface area contributed by atoms with Gasteiger partial charge in [-0.15, -0.1) is 0 Å². The number of aromatic nitrogens is 3. The van der Waals surface area contributed by atoms with Crippen LogP contribution in [0.3, 0.4) is 0 Å². The minimum atomic E-state index is -4.52. The van der Waals surface area contributed by atoms with E-state index in [2.05, 4.69) is 21.9 Å². The van der Waals surface area contributed by atoms with E-state index in [0.717, 1.165) is 51.4 Å². The molecule has 5 nitrogen and oxygen atoms in total. The smallest absolute Gasteiger partial charge is 0.307 e. The molecule has 0 aromatic carbocycles.